The summed E-state index contributed by atoms with van der Waals surface area (Å²) in [6.07, 6.45) is 7.10. The number of likely N-dealkylation sites (N-methyl/N-ethyl adjacent to an activating group) is 1. The Morgan fingerprint density at radius 1 is 1.25 bits per heavy atom. The Hall–Kier alpha value is -0.940. The second-order valence-corrected chi connectivity index (χ2v) is 6.05. The second-order valence-electron chi connectivity index (χ2n) is 6.05. The van der Waals surface area contributed by atoms with Crippen molar-refractivity contribution in [1.82, 2.24) is 20.4 Å². The molecule has 1 atom stereocenters. The van der Waals surface area contributed by atoms with Crippen molar-refractivity contribution in [2.45, 2.75) is 57.4 Å². The Kier molecular flexibility index (Phi) is 4.68. The fourth-order valence-corrected chi connectivity index (χ4v) is 3.51. The predicted molar refractivity (Wildman–Crippen MR) is 77.7 cm³/mol. The molecule has 0 radical (unpaired) electrons. The standard InChI is InChI=1S/C15H26N4O/c1-2-19-10-4-3-5-13(19)11-14-17-15(18-20-14)12-6-8-16-9-7-12/h12-13,16H,2-11H2,1H3. The molecule has 20 heavy (non-hydrogen) atoms. The van der Waals surface area contributed by atoms with Crippen LogP contribution in [0.15, 0.2) is 4.52 Å². The number of rotatable bonds is 4. The fourth-order valence-electron chi connectivity index (χ4n) is 3.51. The lowest BCUT2D eigenvalue weighted by atomic mass is 9.97. The van der Waals surface area contributed by atoms with Crippen molar-refractivity contribution >= 4 is 0 Å². The third kappa shape index (κ3) is 3.20. The second kappa shape index (κ2) is 6.68. The molecule has 1 N–H and O–H groups in total. The SMILES string of the molecule is CCN1CCCCC1Cc1nc(C2CCNCC2)no1. The first kappa shape index (κ1) is 14.0. The van der Waals surface area contributed by atoms with Gasteiger partial charge in [0.1, 0.15) is 0 Å². The molecule has 0 aromatic carbocycles. The van der Waals surface area contributed by atoms with Gasteiger partial charge >= 0.3 is 0 Å². The highest BCUT2D eigenvalue weighted by Gasteiger charge is 2.25. The van der Waals surface area contributed by atoms with Crippen LogP contribution in [0.2, 0.25) is 0 Å². The molecule has 0 bridgehead atoms. The normalized spacial score (nSPS) is 25.9. The van der Waals surface area contributed by atoms with Crippen LogP contribution < -0.4 is 5.32 Å². The Labute approximate surface area is 121 Å². The molecule has 2 aliphatic rings. The van der Waals surface area contributed by atoms with Gasteiger partial charge in [0.15, 0.2) is 5.82 Å². The van der Waals surface area contributed by atoms with E-state index >= 15 is 0 Å². The first-order valence-electron chi connectivity index (χ1n) is 8.14. The molecule has 3 heterocycles. The smallest absolute Gasteiger partial charge is 0.228 e. The van der Waals surface area contributed by atoms with Gasteiger partial charge in [0, 0.05) is 18.4 Å². The van der Waals surface area contributed by atoms with E-state index in [1.54, 1.807) is 0 Å². The van der Waals surface area contributed by atoms with Gasteiger partial charge in [-0.25, -0.2) is 0 Å². The molecule has 3 rings (SSSR count). The summed E-state index contributed by atoms with van der Waals surface area (Å²) in [7, 11) is 0. The molecule has 2 aliphatic heterocycles. The number of nitrogens with one attached hydrogen (secondary N) is 1. The molecule has 0 spiro atoms. The molecule has 0 aliphatic carbocycles. The van der Waals surface area contributed by atoms with Crippen molar-refractivity contribution in [1.29, 1.82) is 0 Å². The van der Waals surface area contributed by atoms with Gasteiger partial charge in [0.2, 0.25) is 5.89 Å². The van der Waals surface area contributed by atoms with Gasteiger partial charge in [-0.1, -0.05) is 18.5 Å². The van der Waals surface area contributed by atoms with Crippen LogP contribution in [-0.2, 0) is 6.42 Å². The largest absolute Gasteiger partial charge is 0.339 e. The minimum Gasteiger partial charge on any atom is -0.339 e. The average molecular weight is 278 g/mol. The molecular weight excluding hydrogens is 252 g/mol. The topological polar surface area (TPSA) is 54.2 Å². The lowest BCUT2D eigenvalue weighted by Crippen LogP contribution is -2.40. The number of piperidine rings is 2. The van der Waals surface area contributed by atoms with Crippen LogP contribution >= 0.6 is 0 Å². The minimum absolute atomic E-state index is 0.488. The van der Waals surface area contributed by atoms with Gasteiger partial charge in [-0.3, -0.25) is 0 Å². The van der Waals surface area contributed by atoms with Crippen LogP contribution in [0.5, 0.6) is 0 Å². The molecule has 0 amide bonds. The number of likely N-dealkylation sites (tertiary alicyclic amines) is 1. The van der Waals surface area contributed by atoms with E-state index in [0.29, 0.717) is 12.0 Å². The van der Waals surface area contributed by atoms with Crippen molar-refractivity contribution in [3.05, 3.63) is 11.7 Å². The van der Waals surface area contributed by atoms with Crippen LogP contribution in [0.1, 0.15) is 56.7 Å². The molecule has 5 heteroatoms. The zero-order valence-electron chi connectivity index (χ0n) is 12.5. The van der Waals surface area contributed by atoms with E-state index in [2.05, 4.69) is 27.3 Å². The number of aromatic nitrogens is 2. The summed E-state index contributed by atoms with van der Waals surface area (Å²) >= 11 is 0. The van der Waals surface area contributed by atoms with Gasteiger partial charge in [0.05, 0.1) is 0 Å². The van der Waals surface area contributed by atoms with E-state index < -0.39 is 0 Å². The Morgan fingerprint density at radius 3 is 2.90 bits per heavy atom. The van der Waals surface area contributed by atoms with Crippen molar-refractivity contribution in [3.8, 4) is 0 Å². The summed E-state index contributed by atoms with van der Waals surface area (Å²) in [6.45, 7) is 6.73. The first-order valence-corrected chi connectivity index (χ1v) is 8.14. The third-order valence-corrected chi connectivity index (χ3v) is 4.75. The Bertz CT molecular complexity index is 414. The molecule has 2 fully saturated rings. The highest BCUT2D eigenvalue weighted by molar-refractivity contribution is 4.99. The number of nitrogens with zero attached hydrogens (tertiary/aromatic N) is 3. The van der Waals surface area contributed by atoms with Crippen LogP contribution in [0.4, 0.5) is 0 Å². The van der Waals surface area contributed by atoms with Gasteiger partial charge in [0.25, 0.3) is 0 Å². The monoisotopic (exact) mass is 278 g/mol. The van der Waals surface area contributed by atoms with Crippen LogP contribution in [0.3, 0.4) is 0 Å². The van der Waals surface area contributed by atoms with E-state index in [-0.39, 0.29) is 0 Å². The molecule has 1 unspecified atom stereocenters. The number of hydrogen-bond acceptors (Lipinski definition) is 5. The lowest BCUT2D eigenvalue weighted by molar-refractivity contribution is 0.146. The molecule has 112 valence electrons. The summed E-state index contributed by atoms with van der Waals surface area (Å²) in [5.41, 5.74) is 0. The van der Waals surface area contributed by atoms with Crippen molar-refractivity contribution in [2.75, 3.05) is 26.2 Å². The fraction of sp³-hybridized carbons (Fsp3) is 0.867. The third-order valence-electron chi connectivity index (χ3n) is 4.75. The molecule has 5 nitrogen and oxygen atoms in total. The van der Waals surface area contributed by atoms with Crippen molar-refractivity contribution < 1.29 is 4.52 Å². The number of hydrogen-bond donors (Lipinski definition) is 1. The van der Waals surface area contributed by atoms with E-state index in [4.69, 9.17) is 4.52 Å². The quantitative estimate of drug-likeness (QED) is 0.912. The maximum Gasteiger partial charge on any atom is 0.228 e. The summed E-state index contributed by atoms with van der Waals surface area (Å²) < 4.78 is 5.51. The maximum absolute atomic E-state index is 5.51. The highest BCUT2D eigenvalue weighted by atomic mass is 16.5. The zero-order chi connectivity index (χ0) is 13.8. The molecule has 1 aromatic rings. The maximum atomic E-state index is 5.51. The summed E-state index contributed by atoms with van der Waals surface area (Å²) in [5, 5.41) is 7.60. The van der Waals surface area contributed by atoms with Crippen LogP contribution in [-0.4, -0.2) is 47.3 Å². The van der Waals surface area contributed by atoms with Gasteiger partial charge < -0.3 is 14.7 Å². The first-order chi connectivity index (χ1) is 9.86. The van der Waals surface area contributed by atoms with Crippen molar-refractivity contribution in [2.24, 2.45) is 0 Å². The van der Waals surface area contributed by atoms with E-state index in [0.717, 1.165) is 50.6 Å². The van der Waals surface area contributed by atoms with Crippen molar-refractivity contribution in [3.63, 3.8) is 0 Å². The van der Waals surface area contributed by atoms with E-state index in [1.165, 1.54) is 25.8 Å². The zero-order valence-corrected chi connectivity index (χ0v) is 12.5. The summed E-state index contributed by atoms with van der Waals surface area (Å²) in [4.78, 5) is 7.22. The lowest BCUT2D eigenvalue weighted by Gasteiger charge is -2.33. The average Bonchev–Trinajstić information content (AvgIpc) is 2.97. The van der Waals surface area contributed by atoms with Crippen LogP contribution in [0.25, 0.3) is 0 Å². The molecular formula is C15H26N4O. The van der Waals surface area contributed by atoms with Gasteiger partial charge in [-0.05, 0) is 51.9 Å². The molecule has 1 aromatic heterocycles. The molecule has 2 saturated heterocycles. The van der Waals surface area contributed by atoms with E-state index in [9.17, 15) is 0 Å². The highest BCUT2D eigenvalue weighted by Crippen LogP contribution is 2.24. The summed E-state index contributed by atoms with van der Waals surface area (Å²) in [5.74, 6) is 2.26. The minimum atomic E-state index is 0.488. The van der Waals surface area contributed by atoms with Crippen LogP contribution in [0, 0.1) is 0 Å². The predicted octanol–water partition coefficient (Wildman–Crippen LogP) is 1.95. The Balaban J connectivity index is 1.61. The van der Waals surface area contributed by atoms with E-state index in [1.807, 2.05) is 0 Å². The molecule has 0 saturated carbocycles. The van der Waals surface area contributed by atoms with Gasteiger partial charge in [-0.2, -0.15) is 4.98 Å². The Morgan fingerprint density at radius 2 is 2.10 bits per heavy atom. The summed E-state index contributed by atoms with van der Waals surface area (Å²) in [6, 6.07) is 0.593. The van der Waals surface area contributed by atoms with Gasteiger partial charge in [-0.15, -0.1) is 0 Å².